The number of thiazole rings is 1. The summed E-state index contributed by atoms with van der Waals surface area (Å²) in [6.07, 6.45) is 1.67. The lowest BCUT2D eigenvalue weighted by Gasteiger charge is -2.06. The lowest BCUT2D eigenvalue weighted by Crippen LogP contribution is -2.29. The molecule has 3 rings (SSSR count). The highest BCUT2D eigenvalue weighted by Crippen LogP contribution is 2.28. The first-order valence-corrected chi connectivity index (χ1v) is 10.5. The molecule has 0 bridgehead atoms. The molecule has 0 radical (unpaired) electrons. The van der Waals surface area contributed by atoms with Crippen molar-refractivity contribution in [1.29, 1.82) is 0 Å². The van der Waals surface area contributed by atoms with Gasteiger partial charge in [-0.15, -0.1) is 11.3 Å². The number of amides is 1. The van der Waals surface area contributed by atoms with Crippen LogP contribution in [-0.2, 0) is 29.0 Å². The summed E-state index contributed by atoms with van der Waals surface area (Å²) in [5.74, 6) is -0.421. The Morgan fingerprint density at radius 3 is 2.48 bits per heavy atom. The van der Waals surface area contributed by atoms with Crippen molar-refractivity contribution in [2.75, 3.05) is 13.2 Å². The van der Waals surface area contributed by atoms with Gasteiger partial charge >= 0.3 is 0 Å². The lowest BCUT2D eigenvalue weighted by molar-refractivity contribution is -0.126. The molecule has 1 aromatic heterocycles. The van der Waals surface area contributed by atoms with Crippen LogP contribution in [0.3, 0.4) is 0 Å². The van der Waals surface area contributed by atoms with Gasteiger partial charge in [-0.2, -0.15) is 0 Å². The number of nitrogens with zero attached hydrogens (tertiary/aromatic N) is 1. The molecule has 0 aliphatic rings. The van der Waals surface area contributed by atoms with Crippen LogP contribution in [0.1, 0.15) is 28.6 Å². The van der Waals surface area contributed by atoms with Crippen molar-refractivity contribution in [1.82, 2.24) is 10.3 Å². The van der Waals surface area contributed by atoms with E-state index in [1.165, 1.54) is 17.7 Å². The predicted molar refractivity (Wildman–Crippen MR) is 114 cm³/mol. The summed E-state index contributed by atoms with van der Waals surface area (Å²) in [5.41, 5.74) is 4.31. The van der Waals surface area contributed by atoms with Crippen LogP contribution in [0, 0.1) is 12.7 Å². The van der Waals surface area contributed by atoms with Gasteiger partial charge in [-0.25, -0.2) is 9.37 Å². The molecule has 3 aromatic rings. The van der Waals surface area contributed by atoms with Gasteiger partial charge in [-0.05, 0) is 43.0 Å². The van der Waals surface area contributed by atoms with E-state index in [0.717, 1.165) is 33.1 Å². The van der Waals surface area contributed by atoms with E-state index in [4.69, 9.17) is 4.74 Å². The third-order valence-electron chi connectivity index (χ3n) is 4.62. The zero-order valence-electron chi connectivity index (χ0n) is 16.7. The number of aromatic nitrogens is 1. The highest BCUT2D eigenvalue weighted by atomic mass is 32.1. The van der Waals surface area contributed by atoms with Gasteiger partial charge in [-0.1, -0.05) is 43.3 Å². The molecular formula is C23H25FN2O2S. The summed E-state index contributed by atoms with van der Waals surface area (Å²) < 4.78 is 18.5. The molecule has 1 heterocycles. The molecule has 0 aliphatic heterocycles. The molecule has 6 heteroatoms. The Bertz CT molecular complexity index is 937. The first kappa shape index (κ1) is 21.1. The van der Waals surface area contributed by atoms with Crippen molar-refractivity contribution in [3.8, 4) is 10.6 Å². The summed E-state index contributed by atoms with van der Waals surface area (Å²) in [7, 11) is 0. The molecule has 152 valence electrons. The van der Waals surface area contributed by atoms with Crippen LogP contribution in [0.2, 0.25) is 0 Å². The van der Waals surface area contributed by atoms with Gasteiger partial charge in [-0.3, -0.25) is 4.79 Å². The highest BCUT2D eigenvalue weighted by Gasteiger charge is 2.11. The SMILES string of the molecule is CCc1ccc(-c2nc(C)c(COCC(=O)NCCc3ccc(F)cc3)s2)cc1. The fourth-order valence-corrected chi connectivity index (χ4v) is 3.86. The quantitative estimate of drug-likeness (QED) is 0.554. The molecule has 2 aromatic carbocycles. The predicted octanol–water partition coefficient (Wildman–Crippen LogP) is 4.70. The number of carbonyl (C=O) groups is 1. The standard InChI is InChI=1S/C23H25FN2O2S/c1-3-17-4-8-19(9-5-17)23-26-16(2)21(29-23)14-28-15-22(27)25-13-12-18-6-10-20(24)11-7-18/h4-11H,3,12-15H2,1-2H3,(H,25,27). The third-order valence-corrected chi connectivity index (χ3v) is 5.80. The Balaban J connectivity index is 1.43. The fraction of sp³-hybridized carbons (Fsp3) is 0.304. The van der Waals surface area contributed by atoms with Crippen molar-refractivity contribution in [3.63, 3.8) is 0 Å². The van der Waals surface area contributed by atoms with E-state index in [0.29, 0.717) is 19.6 Å². The van der Waals surface area contributed by atoms with Crippen LogP contribution < -0.4 is 5.32 Å². The molecule has 0 spiro atoms. The average molecular weight is 413 g/mol. The number of nitrogens with one attached hydrogen (secondary N) is 1. The van der Waals surface area contributed by atoms with Gasteiger partial charge in [0.2, 0.25) is 5.91 Å². The molecule has 1 N–H and O–H groups in total. The molecule has 0 fully saturated rings. The minimum atomic E-state index is -0.259. The fourth-order valence-electron chi connectivity index (χ4n) is 2.85. The lowest BCUT2D eigenvalue weighted by atomic mass is 10.1. The molecular weight excluding hydrogens is 387 g/mol. The van der Waals surface area contributed by atoms with Crippen LogP contribution in [0.15, 0.2) is 48.5 Å². The molecule has 29 heavy (non-hydrogen) atoms. The second-order valence-electron chi connectivity index (χ2n) is 6.80. The van der Waals surface area contributed by atoms with Crippen molar-refractivity contribution >= 4 is 17.2 Å². The molecule has 1 amide bonds. The molecule has 0 aliphatic carbocycles. The molecule has 0 atom stereocenters. The number of aryl methyl sites for hydroxylation is 2. The van der Waals surface area contributed by atoms with E-state index in [1.54, 1.807) is 23.5 Å². The summed E-state index contributed by atoms with van der Waals surface area (Å²) in [4.78, 5) is 17.6. The first-order valence-electron chi connectivity index (χ1n) is 9.69. The van der Waals surface area contributed by atoms with Crippen molar-refractivity contribution < 1.29 is 13.9 Å². The van der Waals surface area contributed by atoms with Gasteiger partial charge < -0.3 is 10.1 Å². The summed E-state index contributed by atoms with van der Waals surface area (Å²) in [6, 6.07) is 14.7. The van der Waals surface area contributed by atoms with Crippen LogP contribution in [0.5, 0.6) is 0 Å². The van der Waals surface area contributed by atoms with Crippen molar-refractivity contribution in [2.24, 2.45) is 0 Å². The average Bonchev–Trinajstić information content (AvgIpc) is 3.10. The number of hydrogen-bond acceptors (Lipinski definition) is 4. The second-order valence-corrected chi connectivity index (χ2v) is 7.88. The first-order chi connectivity index (χ1) is 14.0. The van der Waals surface area contributed by atoms with Gasteiger partial charge in [0.1, 0.15) is 17.4 Å². The van der Waals surface area contributed by atoms with Gasteiger partial charge in [0.05, 0.1) is 17.2 Å². The largest absolute Gasteiger partial charge is 0.366 e. The Kier molecular flexibility index (Phi) is 7.49. The van der Waals surface area contributed by atoms with E-state index in [1.807, 2.05) is 6.92 Å². The summed E-state index contributed by atoms with van der Waals surface area (Å²) in [5, 5.41) is 3.78. The second kappa shape index (κ2) is 10.3. The Hall–Kier alpha value is -2.57. The minimum Gasteiger partial charge on any atom is -0.366 e. The van der Waals surface area contributed by atoms with Gasteiger partial charge in [0, 0.05) is 12.1 Å². The van der Waals surface area contributed by atoms with Gasteiger partial charge in [0.15, 0.2) is 0 Å². The Morgan fingerprint density at radius 1 is 1.10 bits per heavy atom. The van der Waals surface area contributed by atoms with E-state index in [2.05, 4.69) is 41.5 Å². The van der Waals surface area contributed by atoms with Crippen LogP contribution in [-0.4, -0.2) is 24.0 Å². The smallest absolute Gasteiger partial charge is 0.246 e. The maximum atomic E-state index is 12.9. The van der Waals surface area contributed by atoms with Crippen molar-refractivity contribution in [3.05, 3.63) is 76.0 Å². The van der Waals surface area contributed by atoms with E-state index >= 15 is 0 Å². The normalized spacial score (nSPS) is 10.9. The zero-order valence-corrected chi connectivity index (χ0v) is 17.5. The van der Waals surface area contributed by atoms with Crippen molar-refractivity contribution in [2.45, 2.75) is 33.3 Å². The summed E-state index contributed by atoms with van der Waals surface area (Å²) in [6.45, 7) is 4.95. The Morgan fingerprint density at radius 2 is 1.79 bits per heavy atom. The number of halogens is 1. The number of benzene rings is 2. The third kappa shape index (κ3) is 6.21. The molecule has 0 unspecified atom stereocenters. The minimum absolute atomic E-state index is 0.00128. The molecule has 4 nitrogen and oxygen atoms in total. The van der Waals surface area contributed by atoms with E-state index in [-0.39, 0.29) is 18.3 Å². The van der Waals surface area contributed by atoms with Crippen LogP contribution >= 0.6 is 11.3 Å². The van der Waals surface area contributed by atoms with E-state index < -0.39 is 0 Å². The van der Waals surface area contributed by atoms with Gasteiger partial charge in [0.25, 0.3) is 0 Å². The van der Waals surface area contributed by atoms with E-state index in [9.17, 15) is 9.18 Å². The zero-order chi connectivity index (χ0) is 20.6. The van der Waals surface area contributed by atoms with Crippen LogP contribution in [0.4, 0.5) is 4.39 Å². The maximum Gasteiger partial charge on any atom is 0.246 e. The number of hydrogen-bond donors (Lipinski definition) is 1. The molecule has 0 saturated heterocycles. The topological polar surface area (TPSA) is 51.2 Å². The maximum absolute atomic E-state index is 12.9. The Labute approximate surface area is 174 Å². The number of carbonyl (C=O) groups excluding carboxylic acids is 1. The molecule has 0 saturated carbocycles. The monoisotopic (exact) mass is 412 g/mol. The summed E-state index contributed by atoms with van der Waals surface area (Å²) >= 11 is 1.60. The van der Waals surface area contributed by atoms with Crippen LogP contribution in [0.25, 0.3) is 10.6 Å². The number of rotatable bonds is 9. The highest BCUT2D eigenvalue weighted by molar-refractivity contribution is 7.15. The number of ether oxygens (including phenoxy) is 1.